The highest BCUT2D eigenvalue weighted by Gasteiger charge is 2.35. The Hall–Kier alpha value is -2.04. The van der Waals surface area contributed by atoms with E-state index in [1.165, 1.54) is 0 Å². The zero-order valence-electron chi connectivity index (χ0n) is 12.7. The molecule has 0 bridgehead atoms. The first-order valence-electron chi connectivity index (χ1n) is 7.98. The number of carbonyl (C=O) groups excluding carboxylic acids is 2. The van der Waals surface area contributed by atoms with Gasteiger partial charge in [0.2, 0.25) is 5.91 Å². The molecule has 3 rings (SSSR count). The fourth-order valence-electron chi connectivity index (χ4n) is 2.76. The third kappa shape index (κ3) is 4.00. The number of rotatable bonds is 4. The number of likely N-dealkylation sites (tertiary alicyclic amines) is 1. The normalized spacial score (nSPS) is 18.8. The molecular formula is C17H22N2O3. The molecule has 1 heterocycles. The topological polar surface area (TPSA) is 58.6 Å². The number of nitrogens with one attached hydrogen (secondary N) is 1. The molecule has 1 saturated carbocycles. The first-order chi connectivity index (χ1) is 10.7. The number of benzene rings is 1. The number of amides is 2. The average molecular weight is 302 g/mol. The summed E-state index contributed by atoms with van der Waals surface area (Å²) < 4.78 is 5.22. The molecule has 118 valence electrons. The smallest absolute Gasteiger partial charge is 0.407 e. The van der Waals surface area contributed by atoms with Gasteiger partial charge in [0.05, 0.1) is 0 Å². The van der Waals surface area contributed by atoms with E-state index < -0.39 is 0 Å². The van der Waals surface area contributed by atoms with Crippen LogP contribution in [0.5, 0.6) is 0 Å². The zero-order valence-corrected chi connectivity index (χ0v) is 12.7. The predicted octanol–water partition coefficient (Wildman–Crippen LogP) is 2.31. The van der Waals surface area contributed by atoms with Crippen molar-refractivity contribution >= 4 is 12.0 Å². The number of hydrogen-bond acceptors (Lipinski definition) is 3. The van der Waals surface area contributed by atoms with E-state index in [0.717, 1.165) is 44.3 Å². The van der Waals surface area contributed by atoms with Crippen molar-refractivity contribution in [2.45, 2.75) is 38.3 Å². The lowest BCUT2D eigenvalue weighted by Gasteiger charge is -2.32. The van der Waals surface area contributed by atoms with Crippen LogP contribution in [-0.4, -0.2) is 36.0 Å². The molecule has 5 nitrogen and oxygen atoms in total. The Bertz CT molecular complexity index is 520. The lowest BCUT2D eigenvalue weighted by atomic mass is 10.0. The Balaban J connectivity index is 1.37. The van der Waals surface area contributed by atoms with Crippen LogP contribution < -0.4 is 5.32 Å². The molecular weight excluding hydrogens is 280 g/mol. The number of carbonyl (C=O) groups is 2. The molecule has 2 aliphatic rings. The van der Waals surface area contributed by atoms with E-state index in [1.54, 1.807) is 0 Å². The molecule has 1 N–H and O–H groups in total. The molecule has 0 atom stereocenters. The lowest BCUT2D eigenvalue weighted by molar-refractivity contribution is -0.133. The van der Waals surface area contributed by atoms with E-state index in [1.807, 2.05) is 35.2 Å². The lowest BCUT2D eigenvalue weighted by Crippen LogP contribution is -2.47. The van der Waals surface area contributed by atoms with Gasteiger partial charge in [0.15, 0.2) is 0 Å². The van der Waals surface area contributed by atoms with E-state index in [2.05, 4.69) is 5.32 Å². The van der Waals surface area contributed by atoms with E-state index in [4.69, 9.17) is 4.74 Å². The van der Waals surface area contributed by atoms with Gasteiger partial charge in [-0.05, 0) is 31.2 Å². The molecule has 2 amide bonds. The summed E-state index contributed by atoms with van der Waals surface area (Å²) in [5.41, 5.74) is 0.975. The van der Waals surface area contributed by atoms with Crippen molar-refractivity contribution in [1.82, 2.24) is 10.2 Å². The minimum absolute atomic E-state index is 0.103. The minimum Gasteiger partial charge on any atom is -0.445 e. The van der Waals surface area contributed by atoms with Gasteiger partial charge in [-0.2, -0.15) is 0 Å². The molecule has 22 heavy (non-hydrogen) atoms. The van der Waals surface area contributed by atoms with Crippen molar-refractivity contribution < 1.29 is 14.3 Å². The van der Waals surface area contributed by atoms with E-state index in [9.17, 15) is 9.59 Å². The maximum Gasteiger partial charge on any atom is 0.407 e. The predicted molar refractivity (Wildman–Crippen MR) is 82.1 cm³/mol. The maximum atomic E-state index is 12.0. The summed E-state index contributed by atoms with van der Waals surface area (Å²) in [6.45, 7) is 1.75. The van der Waals surface area contributed by atoms with Crippen molar-refractivity contribution in [2.75, 3.05) is 13.1 Å². The van der Waals surface area contributed by atoms with Crippen molar-refractivity contribution in [1.29, 1.82) is 0 Å². The van der Waals surface area contributed by atoms with Crippen LogP contribution in [0.25, 0.3) is 0 Å². The summed E-state index contributed by atoms with van der Waals surface area (Å²) >= 11 is 0. The Kier molecular flexibility index (Phi) is 4.61. The van der Waals surface area contributed by atoms with Crippen LogP contribution in [0.4, 0.5) is 4.79 Å². The van der Waals surface area contributed by atoms with Gasteiger partial charge in [0.1, 0.15) is 6.61 Å². The summed E-state index contributed by atoms with van der Waals surface area (Å²) in [7, 11) is 0. The first-order valence-corrected chi connectivity index (χ1v) is 7.98. The number of ether oxygens (including phenoxy) is 1. The number of alkyl carbamates (subject to hydrolysis) is 1. The Morgan fingerprint density at radius 3 is 2.41 bits per heavy atom. The van der Waals surface area contributed by atoms with Crippen molar-refractivity contribution in [3.8, 4) is 0 Å². The number of nitrogens with zero attached hydrogens (tertiary/aromatic N) is 1. The Labute approximate surface area is 130 Å². The summed E-state index contributed by atoms with van der Waals surface area (Å²) in [6.07, 6.45) is 3.32. The van der Waals surface area contributed by atoms with Gasteiger partial charge in [-0.15, -0.1) is 0 Å². The molecule has 0 unspecified atom stereocenters. The molecule has 0 radical (unpaired) electrons. The molecule has 1 aromatic rings. The van der Waals surface area contributed by atoms with E-state index >= 15 is 0 Å². The van der Waals surface area contributed by atoms with Crippen LogP contribution >= 0.6 is 0 Å². The van der Waals surface area contributed by atoms with Crippen molar-refractivity contribution in [3.63, 3.8) is 0 Å². The fourth-order valence-corrected chi connectivity index (χ4v) is 2.76. The first kappa shape index (κ1) is 14.9. The summed E-state index contributed by atoms with van der Waals surface area (Å²) in [6, 6.07) is 9.73. The fraction of sp³-hybridized carbons (Fsp3) is 0.529. The van der Waals surface area contributed by atoms with Crippen LogP contribution in [0.1, 0.15) is 31.2 Å². The summed E-state index contributed by atoms with van der Waals surface area (Å²) in [4.78, 5) is 25.7. The number of piperidine rings is 1. The van der Waals surface area contributed by atoms with E-state index in [0.29, 0.717) is 5.91 Å². The van der Waals surface area contributed by atoms with E-state index in [-0.39, 0.29) is 24.7 Å². The Morgan fingerprint density at radius 1 is 1.09 bits per heavy atom. The third-order valence-corrected chi connectivity index (χ3v) is 4.27. The van der Waals surface area contributed by atoms with Gasteiger partial charge in [-0.3, -0.25) is 4.79 Å². The average Bonchev–Trinajstić information content (AvgIpc) is 3.39. The molecule has 1 aliphatic carbocycles. The van der Waals surface area contributed by atoms with Crippen molar-refractivity contribution in [2.24, 2.45) is 5.92 Å². The second-order valence-electron chi connectivity index (χ2n) is 6.08. The minimum atomic E-state index is -0.379. The molecule has 1 aromatic carbocycles. The second-order valence-corrected chi connectivity index (χ2v) is 6.08. The molecule has 2 fully saturated rings. The van der Waals surface area contributed by atoms with Crippen LogP contribution in [0, 0.1) is 5.92 Å². The second kappa shape index (κ2) is 6.81. The van der Waals surface area contributed by atoms with Gasteiger partial charge < -0.3 is 15.0 Å². The standard InChI is InChI=1S/C17H22N2O3/c20-16(14-6-7-14)19-10-8-15(9-11-19)18-17(21)22-12-13-4-2-1-3-5-13/h1-5,14-15H,6-12H2,(H,18,21). The van der Waals surface area contributed by atoms with Crippen molar-refractivity contribution in [3.05, 3.63) is 35.9 Å². The number of hydrogen-bond donors (Lipinski definition) is 1. The van der Waals surface area contributed by atoms with Gasteiger partial charge in [0, 0.05) is 25.0 Å². The van der Waals surface area contributed by atoms with Crippen LogP contribution in [0.2, 0.25) is 0 Å². The largest absolute Gasteiger partial charge is 0.445 e. The molecule has 0 aromatic heterocycles. The zero-order chi connectivity index (χ0) is 15.4. The van der Waals surface area contributed by atoms with Gasteiger partial charge >= 0.3 is 6.09 Å². The van der Waals surface area contributed by atoms with Crippen LogP contribution in [0.15, 0.2) is 30.3 Å². The van der Waals surface area contributed by atoms with Gasteiger partial charge in [0.25, 0.3) is 0 Å². The van der Waals surface area contributed by atoms with Crippen LogP contribution in [0.3, 0.4) is 0 Å². The molecule has 1 saturated heterocycles. The van der Waals surface area contributed by atoms with Gasteiger partial charge in [-0.1, -0.05) is 30.3 Å². The summed E-state index contributed by atoms with van der Waals surface area (Å²) in [5, 5.41) is 2.89. The SMILES string of the molecule is O=C(NC1CCN(C(=O)C2CC2)CC1)OCc1ccccc1. The quantitative estimate of drug-likeness (QED) is 0.928. The monoisotopic (exact) mass is 302 g/mol. The Morgan fingerprint density at radius 2 is 1.77 bits per heavy atom. The van der Waals surface area contributed by atoms with Crippen LogP contribution in [-0.2, 0) is 16.1 Å². The highest BCUT2D eigenvalue weighted by atomic mass is 16.5. The molecule has 5 heteroatoms. The summed E-state index contributed by atoms with van der Waals surface area (Å²) in [5.74, 6) is 0.574. The highest BCUT2D eigenvalue weighted by Crippen LogP contribution is 2.31. The van der Waals surface area contributed by atoms with Gasteiger partial charge in [-0.25, -0.2) is 4.79 Å². The maximum absolute atomic E-state index is 12.0. The molecule has 1 aliphatic heterocycles. The highest BCUT2D eigenvalue weighted by molar-refractivity contribution is 5.81. The molecule has 0 spiro atoms. The third-order valence-electron chi connectivity index (χ3n) is 4.27.